The Morgan fingerprint density at radius 3 is 1.94 bits per heavy atom. The minimum absolute atomic E-state index is 0.384. The van der Waals surface area contributed by atoms with Crippen molar-refractivity contribution in [1.29, 1.82) is 0 Å². The van der Waals surface area contributed by atoms with E-state index in [1.165, 1.54) is 50.1 Å². The SMILES string of the molecule is CC1=Cc2c(-c3ccccc3)cccc2C1CC1c2cc(Br)ccc2-c2ccc(Br)cc21. The Kier molecular flexibility index (Phi) is 4.97. The van der Waals surface area contributed by atoms with Crippen LogP contribution in [0.25, 0.3) is 28.3 Å². The molecule has 0 spiro atoms. The van der Waals surface area contributed by atoms with E-state index in [4.69, 9.17) is 0 Å². The molecule has 0 saturated heterocycles. The highest BCUT2D eigenvalue weighted by Crippen LogP contribution is 2.53. The molecule has 1 unspecified atom stereocenters. The van der Waals surface area contributed by atoms with Gasteiger partial charge in [0.05, 0.1) is 0 Å². The molecule has 32 heavy (non-hydrogen) atoms. The third kappa shape index (κ3) is 3.24. The van der Waals surface area contributed by atoms with Crippen LogP contribution in [0.5, 0.6) is 0 Å². The van der Waals surface area contributed by atoms with Gasteiger partial charge in [-0.2, -0.15) is 0 Å². The van der Waals surface area contributed by atoms with Crippen LogP contribution in [0.2, 0.25) is 0 Å². The molecule has 0 bridgehead atoms. The van der Waals surface area contributed by atoms with E-state index in [1.807, 2.05) is 0 Å². The molecule has 0 aliphatic heterocycles. The van der Waals surface area contributed by atoms with Gasteiger partial charge in [-0.1, -0.05) is 104 Å². The van der Waals surface area contributed by atoms with Gasteiger partial charge in [-0.05, 0) is 82.1 Å². The van der Waals surface area contributed by atoms with E-state index in [1.54, 1.807) is 0 Å². The van der Waals surface area contributed by atoms with Gasteiger partial charge in [0.25, 0.3) is 0 Å². The fraction of sp³-hybridized carbons (Fsp3) is 0.133. The highest BCUT2D eigenvalue weighted by atomic mass is 79.9. The second-order valence-corrected chi connectivity index (χ2v) is 10.7. The van der Waals surface area contributed by atoms with Crippen molar-refractivity contribution in [2.45, 2.75) is 25.2 Å². The molecule has 0 N–H and O–H groups in total. The molecule has 0 amide bonds. The third-order valence-electron chi connectivity index (χ3n) is 7.06. The second kappa shape index (κ2) is 7.86. The average molecular weight is 542 g/mol. The van der Waals surface area contributed by atoms with Gasteiger partial charge in [0.1, 0.15) is 0 Å². The summed E-state index contributed by atoms with van der Waals surface area (Å²) >= 11 is 7.43. The average Bonchev–Trinajstić information content (AvgIpc) is 3.28. The van der Waals surface area contributed by atoms with Crippen molar-refractivity contribution in [3.8, 4) is 22.3 Å². The summed E-state index contributed by atoms with van der Waals surface area (Å²) in [7, 11) is 0. The lowest BCUT2D eigenvalue weighted by molar-refractivity contribution is 0.652. The van der Waals surface area contributed by atoms with Crippen molar-refractivity contribution in [2.24, 2.45) is 0 Å². The van der Waals surface area contributed by atoms with Gasteiger partial charge in [0, 0.05) is 20.8 Å². The van der Waals surface area contributed by atoms with Crippen LogP contribution in [0.3, 0.4) is 0 Å². The van der Waals surface area contributed by atoms with Crippen LogP contribution in [0.15, 0.2) is 99.4 Å². The summed E-state index contributed by atoms with van der Waals surface area (Å²) in [4.78, 5) is 0. The highest BCUT2D eigenvalue weighted by Gasteiger charge is 2.34. The van der Waals surface area contributed by atoms with Gasteiger partial charge < -0.3 is 0 Å². The molecule has 0 heterocycles. The topological polar surface area (TPSA) is 0 Å². The zero-order chi connectivity index (χ0) is 21.8. The number of hydrogen-bond donors (Lipinski definition) is 0. The van der Waals surface area contributed by atoms with Crippen LogP contribution in [0.1, 0.15) is 47.4 Å². The summed E-state index contributed by atoms with van der Waals surface area (Å²) in [6.45, 7) is 2.30. The molecule has 1 atom stereocenters. The first-order valence-electron chi connectivity index (χ1n) is 11.1. The molecule has 0 saturated carbocycles. The lowest BCUT2D eigenvalue weighted by Crippen LogP contribution is -2.06. The number of fused-ring (bicyclic) bond motifs is 4. The van der Waals surface area contributed by atoms with Crippen molar-refractivity contribution < 1.29 is 0 Å². The predicted molar refractivity (Wildman–Crippen MR) is 142 cm³/mol. The van der Waals surface area contributed by atoms with E-state index < -0.39 is 0 Å². The monoisotopic (exact) mass is 540 g/mol. The maximum atomic E-state index is 3.72. The van der Waals surface area contributed by atoms with Gasteiger partial charge >= 0.3 is 0 Å². The van der Waals surface area contributed by atoms with Crippen molar-refractivity contribution in [1.82, 2.24) is 0 Å². The van der Waals surface area contributed by atoms with E-state index in [0.29, 0.717) is 11.8 Å². The Morgan fingerprint density at radius 1 is 0.625 bits per heavy atom. The molecule has 4 aromatic rings. The molecule has 4 aromatic carbocycles. The molecule has 6 rings (SSSR count). The Hall–Kier alpha value is -2.42. The van der Waals surface area contributed by atoms with Crippen LogP contribution in [-0.2, 0) is 0 Å². The first kappa shape index (κ1) is 20.2. The molecule has 2 heteroatoms. The lowest BCUT2D eigenvalue weighted by Gasteiger charge is -2.22. The number of halogens is 2. The minimum Gasteiger partial charge on any atom is -0.0651 e. The van der Waals surface area contributed by atoms with Gasteiger partial charge in [-0.3, -0.25) is 0 Å². The molecule has 0 nitrogen and oxygen atoms in total. The molecule has 2 aliphatic rings. The number of allylic oxidation sites excluding steroid dienone is 1. The van der Waals surface area contributed by atoms with E-state index in [0.717, 1.165) is 15.4 Å². The number of rotatable bonds is 3. The standard InChI is InChI=1S/C30H22Br2/c1-18-14-27-22(19-6-3-2-4-7-19)8-5-9-23(27)26(18)17-30-28-15-20(31)10-12-24(28)25-13-11-21(32)16-29(25)30/h2-16,26,30H,17H2,1H3. The van der Waals surface area contributed by atoms with Gasteiger partial charge in [-0.25, -0.2) is 0 Å². The number of hydrogen-bond acceptors (Lipinski definition) is 0. The molecule has 0 radical (unpaired) electrons. The molecule has 2 aliphatic carbocycles. The summed E-state index contributed by atoms with van der Waals surface area (Å²) in [5.41, 5.74) is 12.6. The van der Waals surface area contributed by atoms with E-state index in [9.17, 15) is 0 Å². The number of benzene rings is 4. The quantitative estimate of drug-likeness (QED) is 0.242. The summed E-state index contributed by atoms with van der Waals surface area (Å²) in [6, 6.07) is 31.1. The normalized spacial score (nSPS) is 16.5. The smallest absolute Gasteiger partial charge is 0.0178 e. The van der Waals surface area contributed by atoms with Crippen LogP contribution in [0, 0.1) is 0 Å². The summed E-state index contributed by atoms with van der Waals surface area (Å²) < 4.78 is 2.30. The van der Waals surface area contributed by atoms with Crippen molar-refractivity contribution >= 4 is 37.9 Å². The van der Waals surface area contributed by atoms with Crippen LogP contribution in [0.4, 0.5) is 0 Å². The van der Waals surface area contributed by atoms with E-state index in [2.05, 4.69) is 130 Å². The Labute approximate surface area is 206 Å². The Morgan fingerprint density at radius 2 is 1.28 bits per heavy atom. The Balaban J connectivity index is 1.45. The summed E-state index contributed by atoms with van der Waals surface area (Å²) in [5, 5.41) is 0. The predicted octanol–water partition coefficient (Wildman–Crippen LogP) is 9.58. The first-order chi connectivity index (χ1) is 15.6. The zero-order valence-corrected chi connectivity index (χ0v) is 20.9. The van der Waals surface area contributed by atoms with Crippen molar-refractivity contribution in [2.75, 3.05) is 0 Å². The summed E-state index contributed by atoms with van der Waals surface area (Å²) in [6.07, 6.45) is 3.50. The molecule has 0 fully saturated rings. The van der Waals surface area contributed by atoms with Crippen molar-refractivity contribution in [3.63, 3.8) is 0 Å². The zero-order valence-electron chi connectivity index (χ0n) is 17.8. The maximum Gasteiger partial charge on any atom is 0.0178 e. The second-order valence-electron chi connectivity index (χ2n) is 8.87. The minimum atomic E-state index is 0.384. The van der Waals surface area contributed by atoms with Crippen LogP contribution >= 0.6 is 31.9 Å². The van der Waals surface area contributed by atoms with Gasteiger partial charge in [0.2, 0.25) is 0 Å². The van der Waals surface area contributed by atoms with Crippen LogP contribution < -0.4 is 0 Å². The highest BCUT2D eigenvalue weighted by molar-refractivity contribution is 9.10. The maximum absolute atomic E-state index is 3.72. The van der Waals surface area contributed by atoms with Crippen LogP contribution in [-0.4, -0.2) is 0 Å². The molecule has 0 aromatic heterocycles. The van der Waals surface area contributed by atoms with Gasteiger partial charge in [-0.15, -0.1) is 0 Å². The molecule has 156 valence electrons. The lowest BCUT2D eigenvalue weighted by atomic mass is 9.82. The third-order valence-corrected chi connectivity index (χ3v) is 8.05. The Bertz CT molecular complexity index is 1330. The first-order valence-corrected chi connectivity index (χ1v) is 12.6. The van der Waals surface area contributed by atoms with E-state index >= 15 is 0 Å². The largest absolute Gasteiger partial charge is 0.0651 e. The fourth-order valence-electron chi connectivity index (χ4n) is 5.60. The van der Waals surface area contributed by atoms with Crippen molar-refractivity contribution in [3.05, 3.63) is 122 Å². The van der Waals surface area contributed by atoms with E-state index in [-0.39, 0.29) is 0 Å². The molecular weight excluding hydrogens is 520 g/mol. The van der Waals surface area contributed by atoms with Gasteiger partial charge in [0.15, 0.2) is 0 Å². The molecular formula is C30H22Br2. The summed E-state index contributed by atoms with van der Waals surface area (Å²) in [5.74, 6) is 0.810. The fourth-order valence-corrected chi connectivity index (χ4v) is 6.35.